The second-order valence-electron chi connectivity index (χ2n) is 14.0. The highest BCUT2D eigenvalue weighted by molar-refractivity contribution is 5.73. The maximum absolute atomic E-state index is 11.8. The first-order valence-corrected chi connectivity index (χ1v) is 17.2. The minimum Gasteiger partial charge on any atom is -0.479 e. The summed E-state index contributed by atoms with van der Waals surface area (Å²) < 4.78 is 50.3. The van der Waals surface area contributed by atoms with Crippen LogP contribution in [0, 0.1) is 0 Å². The highest BCUT2D eigenvalue weighted by atomic mass is 16.8. The molecule has 0 aromatic rings. The van der Waals surface area contributed by atoms with E-state index >= 15 is 0 Å². The molecule has 55 heavy (non-hydrogen) atoms. The number of aliphatic carboxylic acids is 2. The van der Waals surface area contributed by atoms with E-state index in [0.29, 0.717) is 0 Å². The van der Waals surface area contributed by atoms with Gasteiger partial charge in [0.2, 0.25) is 0 Å². The van der Waals surface area contributed by atoms with Gasteiger partial charge in [-0.25, -0.2) is 9.59 Å². The van der Waals surface area contributed by atoms with E-state index in [1.165, 1.54) is 20.8 Å². The summed E-state index contributed by atoms with van der Waals surface area (Å²) in [5, 5.41) is 146. The zero-order chi connectivity index (χ0) is 41.0. The number of aliphatic hydroxyl groups excluding tert-OH is 12. The summed E-state index contributed by atoms with van der Waals surface area (Å²) in [6.45, 7) is 3.86. The molecule has 5 fully saturated rings. The van der Waals surface area contributed by atoms with E-state index in [0.717, 1.165) is 0 Å². The molecular weight excluding hydrogens is 760 g/mol. The molecule has 0 amide bonds. The molecule has 1 unspecified atom stereocenters. The summed E-state index contributed by atoms with van der Waals surface area (Å²) in [4.78, 5) is 23.5. The van der Waals surface area contributed by atoms with Crippen LogP contribution in [0.5, 0.6) is 0 Å². The summed E-state index contributed by atoms with van der Waals surface area (Å²) in [7, 11) is 0. The Morgan fingerprint density at radius 1 is 0.364 bits per heavy atom. The van der Waals surface area contributed by atoms with Gasteiger partial charge < -0.3 is 114 Å². The molecule has 0 aliphatic carbocycles. The van der Waals surface area contributed by atoms with E-state index in [9.17, 15) is 81.1 Å². The average Bonchev–Trinajstić information content (AvgIpc) is 3.12. The number of carboxylic acid groups (broad SMARTS) is 2. The van der Waals surface area contributed by atoms with E-state index in [1.807, 2.05) is 0 Å². The Balaban J connectivity index is 1.51. The Bertz CT molecular complexity index is 1300. The van der Waals surface area contributed by atoms with Crippen LogP contribution in [-0.2, 0) is 52.2 Å². The van der Waals surface area contributed by atoms with Crippen molar-refractivity contribution in [3.8, 4) is 0 Å². The van der Waals surface area contributed by atoms with Crippen LogP contribution in [0.15, 0.2) is 0 Å². The highest BCUT2D eigenvalue weighted by Crippen LogP contribution is 2.37. The molecule has 25 nitrogen and oxygen atoms in total. The van der Waals surface area contributed by atoms with Gasteiger partial charge in [0.1, 0.15) is 91.6 Å². The Hall–Kier alpha value is -1.90. The maximum atomic E-state index is 11.8. The lowest BCUT2D eigenvalue weighted by Crippen LogP contribution is -2.68. The predicted octanol–water partition coefficient (Wildman–Crippen LogP) is -8.66. The fourth-order valence-electron chi connectivity index (χ4n) is 6.77. The molecule has 25 atom stereocenters. The molecule has 5 aliphatic heterocycles. The molecule has 14 N–H and O–H groups in total. The van der Waals surface area contributed by atoms with Crippen molar-refractivity contribution in [1.82, 2.24) is 0 Å². The van der Waals surface area contributed by atoms with Crippen molar-refractivity contribution in [2.75, 3.05) is 0 Å². The summed E-state index contributed by atoms with van der Waals surface area (Å²) >= 11 is 0. The van der Waals surface area contributed by atoms with Crippen LogP contribution in [0.1, 0.15) is 20.8 Å². The van der Waals surface area contributed by atoms with Crippen LogP contribution in [0.25, 0.3) is 0 Å². The number of aliphatic hydroxyl groups is 12. The first-order chi connectivity index (χ1) is 25.7. The Kier molecular flexibility index (Phi) is 14.1. The number of rotatable bonds is 10. The van der Waals surface area contributed by atoms with Crippen LogP contribution in [0.3, 0.4) is 0 Å². The largest absolute Gasteiger partial charge is 0.479 e. The number of hydrogen-bond acceptors (Lipinski definition) is 23. The summed E-state index contributed by atoms with van der Waals surface area (Å²) in [5.74, 6) is -3.58. The Morgan fingerprint density at radius 2 is 0.745 bits per heavy atom. The lowest BCUT2D eigenvalue weighted by atomic mass is 9.95. The van der Waals surface area contributed by atoms with E-state index in [-0.39, 0.29) is 0 Å². The van der Waals surface area contributed by atoms with E-state index in [1.54, 1.807) is 0 Å². The topological polar surface area (TPSA) is 400 Å². The van der Waals surface area contributed by atoms with Crippen LogP contribution in [0.2, 0.25) is 0 Å². The van der Waals surface area contributed by atoms with Gasteiger partial charge in [-0.2, -0.15) is 0 Å². The first kappa shape index (κ1) is 44.2. The molecule has 5 rings (SSSR count). The van der Waals surface area contributed by atoms with Gasteiger partial charge in [0.25, 0.3) is 0 Å². The van der Waals surface area contributed by atoms with E-state index in [4.69, 9.17) is 42.6 Å². The molecule has 0 aromatic carbocycles. The van der Waals surface area contributed by atoms with Gasteiger partial charge >= 0.3 is 11.9 Å². The van der Waals surface area contributed by atoms with Crippen molar-refractivity contribution >= 4 is 11.9 Å². The molecule has 0 bridgehead atoms. The van der Waals surface area contributed by atoms with Gasteiger partial charge in [-0.05, 0) is 20.8 Å². The van der Waals surface area contributed by atoms with Crippen molar-refractivity contribution in [2.45, 2.75) is 174 Å². The number of carbonyl (C=O) groups is 2. The number of carboxylic acids is 2. The molecule has 5 saturated heterocycles. The van der Waals surface area contributed by atoms with Gasteiger partial charge in [0, 0.05) is 0 Å². The second-order valence-corrected chi connectivity index (χ2v) is 14.0. The van der Waals surface area contributed by atoms with Crippen molar-refractivity contribution in [3.05, 3.63) is 0 Å². The van der Waals surface area contributed by atoms with Gasteiger partial charge in [-0.15, -0.1) is 0 Å². The number of ether oxygens (including phenoxy) is 9. The minimum absolute atomic E-state index is 1.15. The average molecular weight is 809 g/mol. The van der Waals surface area contributed by atoms with Crippen LogP contribution in [-0.4, -0.2) is 237 Å². The third-order valence-corrected chi connectivity index (χ3v) is 10.1. The molecule has 5 aliphatic rings. The molecular formula is C30H48O25. The maximum Gasteiger partial charge on any atom is 0.335 e. The predicted molar refractivity (Wildman–Crippen MR) is 163 cm³/mol. The van der Waals surface area contributed by atoms with Crippen LogP contribution >= 0.6 is 0 Å². The molecule has 318 valence electrons. The Labute approximate surface area is 310 Å². The third-order valence-electron chi connectivity index (χ3n) is 10.1. The van der Waals surface area contributed by atoms with Crippen molar-refractivity contribution in [3.63, 3.8) is 0 Å². The zero-order valence-electron chi connectivity index (χ0n) is 29.2. The molecule has 0 aromatic heterocycles. The highest BCUT2D eigenvalue weighted by Gasteiger charge is 2.57. The summed E-state index contributed by atoms with van der Waals surface area (Å²) in [6.07, 6.45) is -48.4. The third kappa shape index (κ3) is 8.77. The van der Waals surface area contributed by atoms with Crippen molar-refractivity contribution in [1.29, 1.82) is 0 Å². The first-order valence-electron chi connectivity index (χ1n) is 17.2. The second kappa shape index (κ2) is 17.5. The van der Waals surface area contributed by atoms with Gasteiger partial charge in [-0.1, -0.05) is 0 Å². The van der Waals surface area contributed by atoms with E-state index < -0.39 is 165 Å². The lowest BCUT2D eigenvalue weighted by molar-refractivity contribution is -0.408. The lowest BCUT2D eigenvalue weighted by Gasteiger charge is -2.50. The zero-order valence-corrected chi connectivity index (χ0v) is 29.2. The number of hydrogen-bond donors (Lipinski definition) is 14. The van der Waals surface area contributed by atoms with Gasteiger partial charge in [0.05, 0.1) is 18.3 Å². The smallest absolute Gasteiger partial charge is 0.335 e. The van der Waals surface area contributed by atoms with Crippen molar-refractivity contribution < 1.29 is 124 Å². The standard InChI is InChI=1S/C30H48O25/c1-4-7(31)12(36)22(54-27-15(39)10(34)13(37)20(52-27)24(42)43)29(48-4)51-19-9(33)6(3)49-30(50-18-8(32)5(2)47-26(46)17(18)41)23(19)55-28-16(40)11(35)14(38)21(53-28)25(44)45/h4-23,26-41,46H,1-3H3,(H,42,43)(H,44,45)/t4-,5-,6-,7+,8+,9+,10-,11-,12+,13-,14-,15+,16+,17-,18+,19+,20-,21-,22-,23-,26?,27+,28+,29-,30-/m0/s1. The minimum atomic E-state index is -2.21. The van der Waals surface area contributed by atoms with Crippen LogP contribution in [0.4, 0.5) is 0 Å². The summed E-state index contributed by atoms with van der Waals surface area (Å²) in [6, 6.07) is 0. The van der Waals surface area contributed by atoms with Crippen molar-refractivity contribution in [2.24, 2.45) is 0 Å². The van der Waals surface area contributed by atoms with E-state index in [2.05, 4.69) is 0 Å². The quantitative estimate of drug-likeness (QED) is 0.0974. The molecule has 5 heterocycles. The monoisotopic (exact) mass is 808 g/mol. The SMILES string of the molecule is C[C@@H]1O[C@@H](O[C@@H]2[C@H](O)[C@H](C)O[C@@H](O[C@@H]3[C@H](O)[C@H](C)OC(O)[C@H]3O)[C@H]2O[C@H]2O[C@H](C(=O)O)[C@@H](O)[C@H](O)[C@H]2O)[C@@H](O[C@H]2O[C@H](C(=O)O)[C@@H](O)[C@H](O)[C@H]2O)[C@H](O)[C@@H]1O. The Morgan fingerprint density at radius 3 is 1.24 bits per heavy atom. The van der Waals surface area contributed by atoms with Crippen LogP contribution < -0.4 is 0 Å². The summed E-state index contributed by atoms with van der Waals surface area (Å²) in [5.41, 5.74) is 0. The molecule has 0 spiro atoms. The molecule has 0 saturated carbocycles. The van der Waals surface area contributed by atoms with Gasteiger partial charge in [0.15, 0.2) is 43.7 Å². The normalized spacial score (nSPS) is 53.8. The fourth-order valence-corrected chi connectivity index (χ4v) is 6.77. The van der Waals surface area contributed by atoms with Gasteiger partial charge in [-0.3, -0.25) is 0 Å². The molecule has 25 heteroatoms. The molecule has 0 radical (unpaired) electrons. The fraction of sp³-hybridized carbons (Fsp3) is 0.933.